The highest BCUT2D eigenvalue weighted by Crippen LogP contribution is 2.13. The normalized spacial score (nSPS) is 14.1. The molecule has 1 nitrogen and oxygen atoms in total. The van der Waals surface area contributed by atoms with Crippen LogP contribution in [0.25, 0.3) is 6.08 Å². The molecule has 0 N–H and O–H groups in total. The molecule has 1 aliphatic carbocycles. The Morgan fingerprint density at radius 3 is 2.00 bits per heavy atom. The lowest BCUT2D eigenvalue weighted by molar-refractivity contribution is -0.462. The maximum atomic E-state index is 2.19. The van der Waals surface area contributed by atoms with Gasteiger partial charge in [-0.3, -0.25) is 0 Å². The molecule has 1 aromatic carbocycles. The third-order valence-electron chi connectivity index (χ3n) is 2.82. The summed E-state index contributed by atoms with van der Waals surface area (Å²) in [5, 5.41) is 0. The monoisotopic (exact) mass is 224 g/mol. The van der Waals surface area contributed by atoms with E-state index in [9.17, 15) is 0 Å². The third-order valence-corrected chi connectivity index (χ3v) is 2.82. The van der Waals surface area contributed by atoms with Crippen LogP contribution in [0.15, 0.2) is 54.1 Å². The summed E-state index contributed by atoms with van der Waals surface area (Å²) in [4.78, 5) is 0. The first-order valence-electron chi connectivity index (χ1n) is 5.84. The van der Waals surface area contributed by atoms with Crippen LogP contribution < -0.4 is 0 Å². The molecule has 1 aliphatic rings. The average molecular weight is 224 g/mol. The Labute approximate surface area is 103 Å². The second-order valence-corrected chi connectivity index (χ2v) is 4.54. The summed E-state index contributed by atoms with van der Waals surface area (Å²) in [5.41, 5.74) is 5.00. The quantitative estimate of drug-likeness (QED) is 0.644. The van der Waals surface area contributed by atoms with Crippen molar-refractivity contribution in [3.63, 3.8) is 0 Å². The van der Waals surface area contributed by atoms with E-state index < -0.39 is 0 Å². The molecule has 0 aliphatic heterocycles. The highest BCUT2D eigenvalue weighted by Gasteiger charge is 2.03. The summed E-state index contributed by atoms with van der Waals surface area (Å²) in [6.07, 6.45) is 10.8. The molecule has 1 aromatic rings. The van der Waals surface area contributed by atoms with Crippen molar-refractivity contribution < 1.29 is 4.58 Å². The zero-order valence-corrected chi connectivity index (χ0v) is 10.6. The SMILES string of the molecule is Cc1ccc(C=C2C=CC(=[N+](C)C)C=C2)cc1. The van der Waals surface area contributed by atoms with E-state index in [-0.39, 0.29) is 0 Å². The predicted octanol–water partition coefficient (Wildman–Crippen LogP) is 3.22. The maximum absolute atomic E-state index is 2.19. The Morgan fingerprint density at radius 2 is 1.47 bits per heavy atom. The molecule has 0 unspecified atom stereocenters. The number of allylic oxidation sites excluding steroid dienone is 5. The number of hydrogen-bond donors (Lipinski definition) is 0. The zero-order valence-electron chi connectivity index (χ0n) is 10.6. The van der Waals surface area contributed by atoms with E-state index in [2.05, 4.69) is 80.2 Å². The summed E-state index contributed by atoms with van der Waals surface area (Å²) >= 11 is 0. The Bertz CT molecular complexity index is 503. The van der Waals surface area contributed by atoms with E-state index in [4.69, 9.17) is 0 Å². The van der Waals surface area contributed by atoms with Gasteiger partial charge in [0.25, 0.3) is 0 Å². The lowest BCUT2D eigenvalue weighted by Gasteiger charge is -2.02. The topological polar surface area (TPSA) is 3.01 Å². The van der Waals surface area contributed by atoms with E-state index >= 15 is 0 Å². The maximum Gasteiger partial charge on any atom is 0.199 e. The molecule has 0 saturated carbocycles. The van der Waals surface area contributed by atoms with E-state index in [0.29, 0.717) is 0 Å². The molecule has 0 aromatic heterocycles. The summed E-state index contributed by atoms with van der Waals surface area (Å²) in [7, 11) is 4.11. The van der Waals surface area contributed by atoms with Gasteiger partial charge in [0.05, 0.1) is 0 Å². The predicted molar refractivity (Wildman–Crippen MR) is 74.6 cm³/mol. The molecule has 86 valence electrons. The van der Waals surface area contributed by atoms with E-state index in [0.717, 1.165) is 0 Å². The van der Waals surface area contributed by atoms with E-state index in [1.807, 2.05) is 0 Å². The Morgan fingerprint density at radius 1 is 0.882 bits per heavy atom. The van der Waals surface area contributed by atoms with Gasteiger partial charge in [-0.05, 0) is 36.3 Å². The minimum Gasteiger partial charge on any atom is -0.235 e. The van der Waals surface area contributed by atoms with Crippen LogP contribution in [0.4, 0.5) is 0 Å². The van der Waals surface area contributed by atoms with Crippen molar-refractivity contribution in [1.29, 1.82) is 0 Å². The van der Waals surface area contributed by atoms with Gasteiger partial charge in [0, 0.05) is 12.2 Å². The van der Waals surface area contributed by atoms with E-state index in [1.54, 1.807) is 0 Å². The van der Waals surface area contributed by atoms with Crippen LogP contribution in [0.1, 0.15) is 11.1 Å². The number of hydrogen-bond acceptors (Lipinski definition) is 0. The first-order chi connectivity index (χ1) is 8.15. The average Bonchev–Trinajstić information content (AvgIpc) is 2.33. The van der Waals surface area contributed by atoms with Gasteiger partial charge >= 0.3 is 0 Å². The van der Waals surface area contributed by atoms with Gasteiger partial charge in [-0.1, -0.05) is 29.8 Å². The largest absolute Gasteiger partial charge is 0.235 e. The minimum absolute atomic E-state index is 1.23. The lowest BCUT2D eigenvalue weighted by Crippen LogP contribution is -2.09. The molecular formula is C16H18N+. The smallest absolute Gasteiger partial charge is 0.199 e. The van der Waals surface area contributed by atoms with Gasteiger partial charge < -0.3 is 0 Å². The van der Waals surface area contributed by atoms with Crippen molar-refractivity contribution in [3.8, 4) is 0 Å². The van der Waals surface area contributed by atoms with Crippen molar-refractivity contribution in [2.24, 2.45) is 0 Å². The highest BCUT2D eigenvalue weighted by molar-refractivity contribution is 6.02. The van der Waals surface area contributed by atoms with Crippen LogP contribution in [-0.2, 0) is 0 Å². The van der Waals surface area contributed by atoms with Gasteiger partial charge in [-0.2, -0.15) is 0 Å². The first kappa shape index (κ1) is 11.6. The molecule has 0 saturated heterocycles. The van der Waals surface area contributed by atoms with Crippen molar-refractivity contribution in [2.45, 2.75) is 6.92 Å². The zero-order chi connectivity index (χ0) is 12.3. The highest BCUT2D eigenvalue weighted by atomic mass is 14.9. The first-order valence-corrected chi connectivity index (χ1v) is 5.84. The van der Waals surface area contributed by atoms with Gasteiger partial charge in [-0.15, -0.1) is 0 Å². The molecule has 0 amide bonds. The molecule has 2 rings (SSSR count). The second kappa shape index (κ2) is 4.96. The summed E-state index contributed by atoms with van der Waals surface area (Å²) < 4.78 is 2.11. The van der Waals surface area contributed by atoms with Gasteiger partial charge in [0.15, 0.2) is 5.71 Å². The molecule has 0 atom stereocenters. The van der Waals surface area contributed by atoms with E-state index in [1.165, 1.54) is 22.4 Å². The van der Waals surface area contributed by atoms with Crippen molar-refractivity contribution >= 4 is 11.8 Å². The summed E-state index contributed by atoms with van der Waals surface area (Å²) in [6.45, 7) is 2.11. The van der Waals surface area contributed by atoms with Crippen molar-refractivity contribution in [2.75, 3.05) is 14.1 Å². The molecule has 0 radical (unpaired) electrons. The molecule has 0 fully saturated rings. The Kier molecular flexibility index (Phi) is 3.38. The lowest BCUT2D eigenvalue weighted by atomic mass is 10.0. The second-order valence-electron chi connectivity index (χ2n) is 4.54. The fourth-order valence-electron chi connectivity index (χ4n) is 1.72. The Hall–Kier alpha value is -1.89. The van der Waals surface area contributed by atoms with Gasteiger partial charge in [0.1, 0.15) is 14.1 Å². The molecule has 0 bridgehead atoms. The standard InChI is InChI=1S/C16H18N/c1-13-4-6-14(7-5-13)12-15-8-10-16(11-9-15)17(2)3/h4-12H,1-3H3/q+1. The molecule has 0 spiro atoms. The van der Waals surface area contributed by atoms with Crippen LogP contribution in [0.3, 0.4) is 0 Å². The fourth-order valence-corrected chi connectivity index (χ4v) is 1.72. The Balaban J connectivity index is 2.22. The molecule has 0 heterocycles. The summed E-state index contributed by atoms with van der Waals surface area (Å²) in [5.74, 6) is 0. The number of benzene rings is 1. The van der Waals surface area contributed by atoms with Crippen molar-refractivity contribution in [1.82, 2.24) is 0 Å². The van der Waals surface area contributed by atoms with Gasteiger partial charge in [-0.25, -0.2) is 4.58 Å². The molecular weight excluding hydrogens is 206 g/mol. The minimum atomic E-state index is 1.23. The number of nitrogens with zero attached hydrogens (tertiary/aromatic N) is 1. The number of rotatable bonds is 1. The molecule has 1 heteroatoms. The third kappa shape index (κ3) is 3.04. The van der Waals surface area contributed by atoms with Crippen LogP contribution in [0, 0.1) is 6.92 Å². The van der Waals surface area contributed by atoms with Crippen LogP contribution in [-0.4, -0.2) is 24.4 Å². The van der Waals surface area contributed by atoms with Crippen LogP contribution in [0.5, 0.6) is 0 Å². The van der Waals surface area contributed by atoms with Crippen molar-refractivity contribution in [3.05, 3.63) is 65.3 Å². The van der Waals surface area contributed by atoms with Crippen LogP contribution >= 0.6 is 0 Å². The van der Waals surface area contributed by atoms with Crippen LogP contribution in [0.2, 0.25) is 0 Å². The van der Waals surface area contributed by atoms with Gasteiger partial charge in [0.2, 0.25) is 0 Å². The summed E-state index contributed by atoms with van der Waals surface area (Å²) in [6, 6.07) is 8.57. The fraction of sp³-hybridized carbons (Fsp3) is 0.188. The molecule has 17 heavy (non-hydrogen) atoms. The number of aryl methyl sites for hydroxylation is 1.